The van der Waals surface area contributed by atoms with Crippen molar-refractivity contribution in [3.05, 3.63) is 36.0 Å². The van der Waals surface area contributed by atoms with Gasteiger partial charge in [-0.05, 0) is 31.9 Å². The summed E-state index contributed by atoms with van der Waals surface area (Å²) in [5, 5.41) is 5.03. The molecule has 0 radical (unpaired) electrons. The molecule has 19 heavy (non-hydrogen) atoms. The highest BCUT2D eigenvalue weighted by atomic mass is 16.5. The van der Waals surface area contributed by atoms with Crippen molar-refractivity contribution in [2.24, 2.45) is 7.05 Å². The Morgan fingerprint density at radius 2 is 2.21 bits per heavy atom. The first kappa shape index (κ1) is 12.7. The summed E-state index contributed by atoms with van der Waals surface area (Å²) in [6.07, 6.45) is 3.59. The van der Waals surface area contributed by atoms with E-state index in [1.807, 2.05) is 0 Å². The third-order valence-electron chi connectivity index (χ3n) is 4.55. The van der Waals surface area contributed by atoms with Crippen LogP contribution in [0.5, 0.6) is 0 Å². The maximum Gasteiger partial charge on any atom is 0.0726 e. The van der Waals surface area contributed by atoms with Gasteiger partial charge in [0, 0.05) is 42.8 Å². The second-order valence-corrected chi connectivity index (χ2v) is 5.82. The minimum absolute atomic E-state index is 0.0942. The third-order valence-corrected chi connectivity index (χ3v) is 4.55. The number of para-hydroxylation sites is 1. The molecule has 1 aromatic carbocycles. The Bertz CT molecular complexity index is 589. The van der Waals surface area contributed by atoms with Crippen LogP contribution >= 0.6 is 0 Å². The number of hydrogen-bond acceptors (Lipinski definition) is 2. The molecule has 3 heteroatoms. The zero-order valence-electron chi connectivity index (χ0n) is 11.9. The first-order chi connectivity index (χ1) is 9.10. The summed E-state index contributed by atoms with van der Waals surface area (Å²) < 4.78 is 7.88. The minimum Gasteiger partial charge on any atom is -0.377 e. The van der Waals surface area contributed by atoms with Gasteiger partial charge in [-0.15, -0.1) is 0 Å². The molecule has 2 heterocycles. The smallest absolute Gasteiger partial charge is 0.0726 e. The van der Waals surface area contributed by atoms with Crippen molar-refractivity contribution < 1.29 is 4.74 Å². The molecule has 0 spiro atoms. The molecule has 3 nitrogen and oxygen atoms in total. The van der Waals surface area contributed by atoms with Crippen LogP contribution in [0.3, 0.4) is 0 Å². The number of aromatic nitrogens is 1. The van der Waals surface area contributed by atoms with Crippen LogP contribution in [0.2, 0.25) is 0 Å². The van der Waals surface area contributed by atoms with Crippen LogP contribution in [-0.2, 0) is 18.3 Å². The fraction of sp³-hybridized carbons (Fsp3) is 0.500. The van der Waals surface area contributed by atoms with Crippen molar-refractivity contribution in [3.8, 4) is 0 Å². The van der Waals surface area contributed by atoms with E-state index in [1.54, 1.807) is 0 Å². The molecule has 2 unspecified atom stereocenters. The second-order valence-electron chi connectivity index (χ2n) is 5.82. The van der Waals surface area contributed by atoms with Crippen molar-refractivity contribution in [2.45, 2.75) is 38.5 Å². The van der Waals surface area contributed by atoms with Crippen molar-refractivity contribution in [1.82, 2.24) is 9.88 Å². The predicted octanol–water partition coefficient (Wildman–Crippen LogP) is 2.84. The molecule has 1 saturated heterocycles. The number of nitrogens with one attached hydrogen (secondary N) is 1. The van der Waals surface area contributed by atoms with Gasteiger partial charge >= 0.3 is 0 Å². The number of ether oxygens (including phenoxy) is 1. The molecule has 102 valence electrons. The van der Waals surface area contributed by atoms with Crippen molar-refractivity contribution in [3.63, 3.8) is 0 Å². The Balaban J connectivity index is 1.82. The molecule has 3 rings (SSSR count). The molecule has 0 aliphatic carbocycles. The molecule has 2 atom stereocenters. The van der Waals surface area contributed by atoms with Crippen LogP contribution in [0.25, 0.3) is 10.9 Å². The van der Waals surface area contributed by atoms with Gasteiger partial charge in [0.05, 0.1) is 6.10 Å². The van der Waals surface area contributed by atoms with Gasteiger partial charge in [-0.25, -0.2) is 0 Å². The Labute approximate surface area is 114 Å². The summed E-state index contributed by atoms with van der Waals surface area (Å²) in [4.78, 5) is 0. The first-order valence-electron chi connectivity index (χ1n) is 7.00. The standard InChI is InChI=1S/C16H22N2O/c1-12-16(2,8-9-19-12)17-10-13-11-18(3)15-7-5-4-6-14(13)15/h4-7,11-12,17H,8-10H2,1-3H3. The summed E-state index contributed by atoms with van der Waals surface area (Å²) in [5.41, 5.74) is 2.75. The van der Waals surface area contributed by atoms with Crippen molar-refractivity contribution in [2.75, 3.05) is 6.61 Å². The molecular formula is C16H22N2O. The third kappa shape index (κ3) is 2.17. The lowest BCUT2D eigenvalue weighted by Gasteiger charge is -2.29. The highest BCUT2D eigenvalue weighted by Gasteiger charge is 2.36. The number of fused-ring (bicyclic) bond motifs is 1. The van der Waals surface area contributed by atoms with E-state index in [2.05, 4.69) is 61.2 Å². The van der Waals surface area contributed by atoms with E-state index < -0.39 is 0 Å². The van der Waals surface area contributed by atoms with Gasteiger partial charge in [0.25, 0.3) is 0 Å². The molecular weight excluding hydrogens is 236 g/mol. The molecule has 0 bridgehead atoms. The highest BCUT2D eigenvalue weighted by molar-refractivity contribution is 5.83. The van der Waals surface area contributed by atoms with Crippen LogP contribution < -0.4 is 5.32 Å². The van der Waals surface area contributed by atoms with E-state index in [0.717, 1.165) is 19.6 Å². The van der Waals surface area contributed by atoms with E-state index >= 15 is 0 Å². The lowest BCUT2D eigenvalue weighted by molar-refractivity contribution is 0.0882. The van der Waals surface area contributed by atoms with Crippen molar-refractivity contribution in [1.29, 1.82) is 0 Å². The Hall–Kier alpha value is -1.32. The summed E-state index contributed by atoms with van der Waals surface area (Å²) >= 11 is 0. The lowest BCUT2D eigenvalue weighted by atomic mass is 9.94. The molecule has 1 N–H and O–H groups in total. The summed E-state index contributed by atoms with van der Waals surface area (Å²) in [5.74, 6) is 0. The van der Waals surface area contributed by atoms with E-state index in [-0.39, 0.29) is 11.6 Å². The van der Waals surface area contributed by atoms with Gasteiger partial charge < -0.3 is 14.6 Å². The summed E-state index contributed by atoms with van der Waals surface area (Å²) in [6, 6.07) is 8.56. The quantitative estimate of drug-likeness (QED) is 0.916. The lowest BCUT2D eigenvalue weighted by Crippen LogP contribution is -2.47. The number of hydrogen-bond donors (Lipinski definition) is 1. The molecule has 0 saturated carbocycles. The van der Waals surface area contributed by atoms with Gasteiger partial charge in [0.15, 0.2) is 0 Å². The fourth-order valence-corrected chi connectivity index (χ4v) is 2.93. The molecule has 1 aliphatic rings. The average molecular weight is 258 g/mol. The van der Waals surface area contributed by atoms with E-state index in [4.69, 9.17) is 4.74 Å². The van der Waals surface area contributed by atoms with Crippen LogP contribution in [-0.4, -0.2) is 22.8 Å². The second kappa shape index (κ2) is 4.66. The fourth-order valence-electron chi connectivity index (χ4n) is 2.93. The average Bonchev–Trinajstić information content (AvgIpc) is 2.90. The van der Waals surface area contributed by atoms with E-state index in [0.29, 0.717) is 0 Å². The number of benzene rings is 1. The Morgan fingerprint density at radius 1 is 1.42 bits per heavy atom. The topological polar surface area (TPSA) is 26.2 Å². The zero-order chi connectivity index (χ0) is 13.5. The molecule has 1 aliphatic heterocycles. The SMILES string of the molecule is CC1OCCC1(C)NCc1cn(C)c2ccccc12. The van der Waals surface area contributed by atoms with Gasteiger partial charge in [0.2, 0.25) is 0 Å². The summed E-state index contributed by atoms with van der Waals surface area (Å²) in [6.45, 7) is 6.17. The first-order valence-corrected chi connectivity index (χ1v) is 7.00. The minimum atomic E-state index is 0.0942. The van der Waals surface area contributed by atoms with Crippen LogP contribution in [0.1, 0.15) is 25.8 Å². The molecule has 0 amide bonds. The maximum atomic E-state index is 5.68. The van der Waals surface area contributed by atoms with Crippen LogP contribution in [0.15, 0.2) is 30.5 Å². The molecule has 1 aromatic heterocycles. The zero-order valence-corrected chi connectivity index (χ0v) is 11.9. The van der Waals surface area contributed by atoms with E-state index in [1.165, 1.54) is 16.5 Å². The van der Waals surface area contributed by atoms with Gasteiger partial charge in [-0.1, -0.05) is 18.2 Å². The van der Waals surface area contributed by atoms with Gasteiger partial charge in [-0.2, -0.15) is 0 Å². The molecule has 2 aromatic rings. The summed E-state index contributed by atoms with van der Waals surface area (Å²) in [7, 11) is 2.11. The number of aryl methyl sites for hydroxylation is 1. The highest BCUT2D eigenvalue weighted by Crippen LogP contribution is 2.27. The monoisotopic (exact) mass is 258 g/mol. The van der Waals surface area contributed by atoms with Gasteiger partial charge in [0.1, 0.15) is 0 Å². The number of rotatable bonds is 3. The number of nitrogens with zero attached hydrogens (tertiary/aromatic N) is 1. The maximum absolute atomic E-state index is 5.68. The Morgan fingerprint density at radius 3 is 2.95 bits per heavy atom. The van der Waals surface area contributed by atoms with Crippen LogP contribution in [0, 0.1) is 0 Å². The van der Waals surface area contributed by atoms with E-state index in [9.17, 15) is 0 Å². The van der Waals surface area contributed by atoms with Crippen molar-refractivity contribution >= 4 is 10.9 Å². The van der Waals surface area contributed by atoms with Crippen LogP contribution in [0.4, 0.5) is 0 Å². The predicted molar refractivity (Wildman–Crippen MR) is 78.2 cm³/mol. The van der Waals surface area contributed by atoms with Gasteiger partial charge in [-0.3, -0.25) is 0 Å². The Kier molecular flexibility index (Phi) is 3.11. The normalized spacial score (nSPS) is 27.2. The largest absolute Gasteiger partial charge is 0.377 e. The molecule has 1 fully saturated rings.